The summed E-state index contributed by atoms with van der Waals surface area (Å²) in [6.45, 7) is 3.74. The van der Waals surface area contributed by atoms with Crippen LogP contribution in [0.4, 0.5) is 0 Å². The molecule has 2 saturated heterocycles. The highest BCUT2D eigenvalue weighted by molar-refractivity contribution is 5.76. The van der Waals surface area contributed by atoms with Crippen LogP contribution in [0.25, 0.3) is 0 Å². The van der Waals surface area contributed by atoms with Gasteiger partial charge in [-0.05, 0) is 51.1 Å². The lowest BCUT2D eigenvalue weighted by Gasteiger charge is -2.47. The summed E-state index contributed by atoms with van der Waals surface area (Å²) in [5, 5.41) is 14.0. The van der Waals surface area contributed by atoms with E-state index >= 15 is 0 Å². The van der Waals surface area contributed by atoms with E-state index in [0.29, 0.717) is 24.2 Å². The van der Waals surface area contributed by atoms with Crippen LogP contribution >= 0.6 is 0 Å². The Kier molecular flexibility index (Phi) is 4.32. The first-order valence-electron chi connectivity index (χ1n) is 8.38. The number of nitrogens with one attached hydrogen (secondary N) is 1. The number of amides is 1. The number of fused-ring (bicyclic) bond motifs is 1. The van der Waals surface area contributed by atoms with E-state index < -0.39 is 5.60 Å². The van der Waals surface area contributed by atoms with Gasteiger partial charge in [0.15, 0.2) is 0 Å². The van der Waals surface area contributed by atoms with Crippen molar-refractivity contribution in [2.45, 2.75) is 57.0 Å². The second-order valence-corrected chi connectivity index (χ2v) is 7.03. The Morgan fingerprint density at radius 3 is 3.00 bits per heavy atom. The third kappa shape index (κ3) is 3.01. The largest absolute Gasteiger partial charge is 0.389 e. The molecule has 20 heavy (non-hydrogen) atoms. The van der Waals surface area contributed by atoms with E-state index in [1.54, 1.807) is 0 Å². The molecule has 1 amide bonds. The molecule has 0 radical (unpaired) electrons. The van der Waals surface area contributed by atoms with Crippen LogP contribution < -0.4 is 5.32 Å². The smallest absolute Gasteiger partial charge is 0.222 e. The third-order valence-electron chi connectivity index (χ3n) is 5.71. The van der Waals surface area contributed by atoms with Crippen molar-refractivity contribution in [3.05, 3.63) is 0 Å². The maximum Gasteiger partial charge on any atom is 0.222 e. The predicted molar refractivity (Wildman–Crippen MR) is 78.3 cm³/mol. The summed E-state index contributed by atoms with van der Waals surface area (Å²) < 4.78 is 0. The molecule has 3 unspecified atom stereocenters. The van der Waals surface area contributed by atoms with Crippen LogP contribution in [0.2, 0.25) is 0 Å². The van der Waals surface area contributed by atoms with Crippen molar-refractivity contribution in [3.8, 4) is 0 Å². The zero-order chi connectivity index (χ0) is 14.0. The topological polar surface area (TPSA) is 52.6 Å². The van der Waals surface area contributed by atoms with Crippen LogP contribution in [0.15, 0.2) is 0 Å². The molecule has 1 aliphatic carbocycles. The van der Waals surface area contributed by atoms with Gasteiger partial charge in [-0.3, -0.25) is 4.79 Å². The fraction of sp³-hybridized carbons (Fsp3) is 0.938. The second kappa shape index (κ2) is 6.02. The van der Waals surface area contributed by atoms with E-state index in [4.69, 9.17) is 0 Å². The quantitative estimate of drug-likeness (QED) is 0.824. The van der Waals surface area contributed by atoms with Crippen molar-refractivity contribution < 1.29 is 9.90 Å². The summed E-state index contributed by atoms with van der Waals surface area (Å²) in [7, 11) is 0. The van der Waals surface area contributed by atoms with Crippen LogP contribution in [-0.2, 0) is 4.79 Å². The van der Waals surface area contributed by atoms with Crippen molar-refractivity contribution in [2.75, 3.05) is 26.2 Å². The molecule has 0 bridgehead atoms. The fourth-order valence-electron chi connectivity index (χ4n) is 4.24. The molecule has 4 heteroatoms. The first kappa shape index (κ1) is 14.3. The maximum absolute atomic E-state index is 12.4. The molecule has 3 aliphatic rings. The SMILES string of the molecule is O=C(CCC1CCNC1)N1CCC2(O)CCCCC2C1. The van der Waals surface area contributed by atoms with Gasteiger partial charge in [-0.25, -0.2) is 0 Å². The monoisotopic (exact) mass is 280 g/mol. The fourth-order valence-corrected chi connectivity index (χ4v) is 4.24. The average molecular weight is 280 g/mol. The number of rotatable bonds is 3. The highest BCUT2D eigenvalue weighted by Gasteiger charge is 2.43. The number of likely N-dealkylation sites (tertiary alicyclic amines) is 1. The zero-order valence-corrected chi connectivity index (χ0v) is 12.4. The molecule has 4 nitrogen and oxygen atoms in total. The van der Waals surface area contributed by atoms with Gasteiger partial charge in [0.1, 0.15) is 0 Å². The van der Waals surface area contributed by atoms with Gasteiger partial charge < -0.3 is 15.3 Å². The van der Waals surface area contributed by atoms with Gasteiger partial charge in [0.25, 0.3) is 0 Å². The molecule has 0 aromatic rings. The van der Waals surface area contributed by atoms with Crippen LogP contribution in [0.1, 0.15) is 51.4 Å². The molecule has 1 saturated carbocycles. The predicted octanol–water partition coefficient (Wildman–Crippen LogP) is 1.53. The lowest BCUT2D eigenvalue weighted by molar-refractivity contribution is -0.143. The van der Waals surface area contributed by atoms with Crippen LogP contribution in [-0.4, -0.2) is 47.7 Å². The molecule has 3 rings (SSSR count). The van der Waals surface area contributed by atoms with Gasteiger partial charge in [0.2, 0.25) is 5.91 Å². The van der Waals surface area contributed by atoms with Crippen LogP contribution in [0.5, 0.6) is 0 Å². The summed E-state index contributed by atoms with van der Waals surface area (Å²) in [5.74, 6) is 1.32. The van der Waals surface area contributed by atoms with Gasteiger partial charge in [0.05, 0.1) is 5.60 Å². The van der Waals surface area contributed by atoms with Gasteiger partial charge in [-0.2, -0.15) is 0 Å². The van der Waals surface area contributed by atoms with Gasteiger partial charge in [-0.1, -0.05) is 12.8 Å². The van der Waals surface area contributed by atoms with Crippen LogP contribution in [0.3, 0.4) is 0 Å². The number of nitrogens with zero attached hydrogens (tertiary/aromatic N) is 1. The number of hydrogen-bond acceptors (Lipinski definition) is 3. The minimum atomic E-state index is -0.468. The molecule has 2 heterocycles. The summed E-state index contributed by atoms with van der Waals surface area (Å²) in [6, 6.07) is 0. The summed E-state index contributed by atoms with van der Waals surface area (Å²) in [4.78, 5) is 14.4. The highest BCUT2D eigenvalue weighted by Crippen LogP contribution is 2.39. The molecule has 2 N–H and O–H groups in total. The summed E-state index contributed by atoms with van der Waals surface area (Å²) in [5.41, 5.74) is -0.468. The average Bonchev–Trinajstić information content (AvgIpc) is 2.97. The molecule has 114 valence electrons. The van der Waals surface area contributed by atoms with Crippen molar-refractivity contribution >= 4 is 5.91 Å². The first-order chi connectivity index (χ1) is 9.67. The van der Waals surface area contributed by atoms with E-state index in [-0.39, 0.29) is 0 Å². The number of carbonyl (C=O) groups excluding carboxylic acids is 1. The Bertz CT molecular complexity index is 354. The molecule has 0 aromatic carbocycles. The minimum Gasteiger partial charge on any atom is -0.389 e. The standard InChI is InChI=1S/C16H28N2O2/c19-15(5-4-13-6-9-17-11-13)18-10-8-16(20)7-2-1-3-14(16)12-18/h13-14,17,20H,1-12H2. The van der Waals surface area contributed by atoms with Crippen molar-refractivity contribution in [1.82, 2.24) is 10.2 Å². The zero-order valence-electron chi connectivity index (χ0n) is 12.4. The van der Waals surface area contributed by atoms with E-state index in [0.717, 1.165) is 58.3 Å². The van der Waals surface area contributed by atoms with Gasteiger partial charge in [-0.15, -0.1) is 0 Å². The first-order valence-corrected chi connectivity index (χ1v) is 8.38. The lowest BCUT2D eigenvalue weighted by Crippen LogP contribution is -2.54. The Morgan fingerprint density at radius 2 is 2.20 bits per heavy atom. The Labute approximate surface area is 121 Å². The number of hydrogen-bond donors (Lipinski definition) is 2. The van der Waals surface area contributed by atoms with E-state index in [1.807, 2.05) is 4.90 Å². The van der Waals surface area contributed by atoms with E-state index in [9.17, 15) is 9.90 Å². The molecular formula is C16H28N2O2. The maximum atomic E-state index is 12.4. The highest BCUT2D eigenvalue weighted by atomic mass is 16.3. The Morgan fingerprint density at radius 1 is 1.30 bits per heavy atom. The number of carbonyl (C=O) groups is 1. The molecule has 0 spiro atoms. The third-order valence-corrected chi connectivity index (χ3v) is 5.71. The van der Waals surface area contributed by atoms with E-state index in [1.165, 1.54) is 12.8 Å². The van der Waals surface area contributed by atoms with Gasteiger partial charge >= 0.3 is 0 Å². The summed E-state index contributed by atoms with van der Waals surface area (Å²) >= 11 is 0. The van der Waals surface area contributed by atoms with Crippen LogP contribution in [0, 0.1) is 11.8 Å². The second-order valence-electron chi connectivity index (χ2n) is 7.03. The molecule has 3 atom stereocenters. The number of aliphatic hydroxyl groups is 1. The van der Waals surface area contributed by atoms with E-state index in [2.05, 4.69) is 5.32 Å². The molecule has 3 fully saturated rings. The van der Waals surface area contributed by atoms with Crippen molar-refractivity contribution in [3.63, 3.8) is 0 Å². The van der Waals surface area contributed by atoms with Gasteiger partial charge in [0, 0.05) is 25.4 Å². The molecular weight excluding hydrogens is 252 g/mol. The van der Waals surface area contributed by atoms with Crippen molar-refractivity contribution in [2.24, 2.45) is 11.8 Å². The minimum absolute atomic E-state index is 0.310. The Balaban J connectivity index is 1.49. The molecule has 0 aromatic heterocycles. The van der Waals surface area contributed by atoms with Crippen molar-refractivity contribution in [1.29, 1.82) is 0 Å². The lowest BCUT2D eigenvalue weighted by atomic mass is 9.71. The Hall–Kier alpha value is -0.610. The normalized spacial score (nSPS) is 37.8. The summed E-state index contributed by atoms with van der Waals surface area (Å²) in [6.07, 6.45) is 8.11. The number of piperidine rings is 1. The molecule has 2 aliphatic heterocycles.